The second kappa shape index (κ2) is 4.42. The number of hydrogen-bond acceptors (Lipinski definition) is 0. The molecule has 0 amide bonds. The molecule has 0 unspecified atom stereocenters. The first-order valence-corrected chi connectivity index (χ1v) is 7.58. The maximum atomic E-state index is 2.41. The molecule has 1 heteroatoms. The summed E-state index contributed by atoms with van der Waals surface area (Å²) in [4.78, 5) is 0. The van der Waals surface area contributed by atoms with E-state index in [2.05, 4.69) is 49.5 Å². The average molecular weight is 364 g/mol. The van der Waals surface area contributed by atoms with Gasteiger partial charge in [-0.25, -0.2) is 0 Å². The fraction of sp³-hybridized carbons (Fsp3) is 0.385. The normalized spacial score (nSPS) is 23.1. The van der Waals surface area contributed by atoms with Gasteiger partial charge in [-0.1, -0.05) is 0 Å². The summed E-state index contributed by atoms with van der Waals surface area (Å²) in [7, 11) is 0. The third-order valence-electron chi connectivity index (χ3n) is 2.58. The van der Waals surface area contributed by atoms with E-state index in [1.165, 1.54) is 19.3 Å². The zero-order chi connectivity index (χ0) is 9.86. The van der Waals surface area contributed by atoms with Crippen LogP contribution in [0.15, 0.2) is 46.6 Å². The molecule has 0 spiro atoms. The van der Waals surface area contributed by atoms with Gasteiger partial charge < -0.3 is 0 Å². The van der Waals surface area contributed by atoms with E-state index in [1.807, 2.05) is 0 Å². The van der Waals surface area contributed by atoms with E-state index in [9.17, 15) is 0 Å². The van der Waals surface area contributed by atoms with Crippen LogP contribution in [0.25, 0.3) is 0 Å². The molecule has 0 aliphatic heterocycles. The van der Waals surface area contributed by atoms with Gasteiger partial charge in [0.25, 0.3) is 0 Å². The molecule has 0 aromatic carbocycles. The average Bonchev–Trinajstić information content (AvgIpc) is 2.69. The van der Waals surface area contributed by atoms with Crippen LogP contribution in [0, 0.1) is 0 Å². The maximum absolute atomic E-state index is 2.41. The molecule has 0 nitrogen and oxygen atoms in total. The van der Waals surface area contributed by atoms with E-state index in [0.717, 1.165) is 0 Å². The summed E-state index contributed by atoms with van der Waals surface area (Å²) in [6.07, 6.45) is 19.9. The summed E-state index contributed by atoms with van der Waals surface area (Å²) in [5.41, 5.74) is 0. The summed E-state index contributed by atoms with van der Waals surface area (Å²) < 4.78 is 2.18. The van der Waals surface area contributed by atoms with Gasteiger partial charge in [-0.2, -0.15) is 0 Å². The Balaban J connectivity index is 2.08. The van der Waals surface area contributed by atoms with Crippen LogP contribution in [-0.4, -0.2) is 0 Å². The Morgan fingerprint density at radius 1 is 1.29 bits per heavy atom. The molecule has 0 radical (unpaired) electrons. The van der Waals surface area contributed by atoms with Crippen molar-refractivity contribution in [2.24, 2.45) is 0 Å². The van der Waals surface area contributed by atoms with Crippen molar-refractivity contribution in [3.8, 4) is 0 Å². The van der Waals surface area contributed by atoms with Crippen LogP contribution in [0.3, 0.4) is 0 Å². The number of allylic oxidation sites excluding steroid dienone is 8. The molecule has 0 aromatic rings. The number of rotatable bonds is 3. The van der Waals surface area contributed by atoms with Crippen LogP contribution in [0.1, 0.15) is 26.2 Å². The Kier molecular flexibility index (Phi) is 3.20. The van der Waals surface area contributed by atoms with Gasteiger partial charge in [0, 0.05) is 0 Å². The third kappa shape index (κ3) is 2.16. The second-order valence-corrected chi connectivity index (χ2v) is 7.96. The SMILES string of the molecule is CC[C]1([Ir][C]2=CC=CCC2)C=CC=C1. The second-order valence-electron chi connectivity index (χ2n) is 3.59. The van der Waals surface area contributed by atoms with Crippen molar-refractivity contribution in [2.75, 3.05) is 0 Å². The van der Waals surface area contributed by atoms with E-state index in [1.54, 1.807) is 4.09 Å². The predicted octanol–water partition coefficient (Wildman–Crippen LogP) is 4.00. The van der Waals surface area contributed by atoms with Gasteiger partial charge in [-0.05, 0) is 0 Å². The Bertz CT molecular complexity index is 306. The monoisotopic (exact) mass is 365 g/mol. The van der Waals surface area contributed by atoms with Gasteiger partial charge in [-0.3, -0.25) is 0 Å². The fourth-order valence-corrected chi connectivity index (χ4v) is 5.45. The zero-order valence-corrected chi connectivity index (χ0v) is 10.9. The first kappa shape index (κ1) is 10.1. The van der Waals surface area contributed by atoms with Crippen LogP contribution < -0.4 is 0 Å². The van der Waals surface area contributed by atoms with Gasteiger partial charge >= 0.3 is 94.4 Å². The summed E-state index contributed by atoms with van der Waals surface area (Å²) in [5, 5.41) is 0. The Morgan fingerprint density at radius 3 is 2.64 bits per heavy atom. The standard InChI is InChI=1S/C7H9.C6H7.Ir/c1-2-7-5-3-4-6-7;1-2-4-6-5-3-1;/h3-6H,2H2,1H3;1-3H,4,6H2;. The minimum atomic E-state index is 0.00514. The molecule has 0 N–H and O–H groups in total. The third-order valence-corrected chi connectivity index (χ3v) is 7.10. The quantitative estimate of drug-likeness (QED) is 0.710. The van der Waals surface area contributed by atoms with Crippen LogP contribution in [-0.2, 0) is 17.7 Å². The molecule has 0 bridgehead atoms. The van der Waals surface area contributed by atoms with Gasteiger partial charge in [0.2, 0.25) is 0 Å². The van der Waals surface area contributed by atoms with E-state index >= 15 is 0 Å². The Morgan fingerprint density at radius 2 is 2.07 bits per heavy atom. The first-order valence-electron chi connectivity index (χ1n) is 5.19. The first-order chi connectivity index (χ1) is 6.85. The van der Waals surface area contributed by atoms with Crippen molar-refractivity contribution in [3.05, 3.63) is 46.6 Å². The van der Waals surface area contributed by atoms with Crippen LogP contribution in [0.2, 0.25) is 3.93 Å². The summed E-state index contributed by atoms with van der Waals surface area (Å²) >= 11 is 0.00514. The molecule has 0 saturated heterocycles. The molecule has 0 atom stereocenters. The number of hydrogen-bond donors (Lipinski definition) is 0. The molecule has 0 heterocycles. The molecule has 2 aliphatic carbocycles. The molecule has 77 valence electrons. The van der Waals surface area contributed by atoms with Gasteiger partial charge in [0.15, 0.2) is 0 Å². The van der Waals surface area contributed by atoms with Gasteiger partial charge in [0.1, 0.15) is 0 Å². The molecule has 2 rings (SSSR count). The van der Waals surface area contributed by atoms with Crippen molar-refractivity contribution < 1.29 is 17.7 Å². The summed E-state index contributed by atoms with van der Waals surface area (Å²) in [5.74, 6) is 0. The van der Waals surface area contributed by atoms with Crippen LogP contribution >= 0.6 is 0 Å². The molecule has 0 aromatic heterocycles. The van der Waals surface area contributed by atoms with Crippen LogP contribution in [0.5, 0.6) is 0 Å². The predicted molar refractivity (Wildman–Crippen MR) is 57.7 cm³/mol. The van der Waals surface area contributed by atoms with E-state index in [0.29, 0.717) is 3.93 Å². The Labute approximate surface area is 94.4 Å². The van der Waals surface area contributed by atoms with E-state index in [-0.39, 0.29) is 17.7 Å². The van der Waals surface area contributed by atoms with Crippen molar-refractivity contribution in [3.63, 3.8) is 0 Å². The van der Waals surface area contributed by atoms with E-state index < -0.39 is 0 Å². The molecule has 0 fully saturated rings. The zero-order valence-electron chi connectivity index (χ0n) is 8.50. The van der Waals surface area contributed by atoms with Crippen molar-refractivity contribution in [2.45, 2.75) is 30.1 Å². The van der Waals surface area contributed by atoms with Crippen molar-refractivity contribution >= 4 is 0 Å². The topological polar surface area (TPSA) is 0 Å². The summed E-state index contributed by atoms with van der Waals surface area (Å²) in [6.45, 7) is 2.31. The van der Waals surface area contributed by atoms with Crippen molar-refractivity contribution in [1.82, 2.24) is 0 Å². The minimum absolute atomic E-state index is 0.00514. The Hall–Kier alpha value is -0.391. The van der Waals surface area contributed by atoms with Crippen LogP contribution in [0.4, 0.5) is 0 Å². The molecular weight excluding hydrogens is 348 g/mol. The molecule has 2 aliphatic rings. The fourth-order valence-electron chi connectivity index (χ4n) is 1.66. The van der Waals surface area contributed by atoms with Crippen molar-refractivity contribution in [1.29, 1.82) is 0 Å². The molecule has 14 heavy (non-hydrogen) atoms. The summed E-state index contributed by atoms with van der Waals surface area (Å²) in [6, 6.07) is 0. The molecular formula is C13H16Ir. The van der Waals surface area contributed by atoms with Gasteiger partial charge in [-0.15, -0.1) is 0 Å². The van der Waals surface area contributed by atoms with E-state index in [4.69, 9.17) is 0 Å². The molecule has 0 saturated carbocycles. The van der Waals surface area contributed by atoms with Gasteiger partial charge in [0.05, 0.1) is 0 Å².